The number of halogens is 1. The minimum Gasteiger partial charge on any atom is -0.486 e. The molecule has 0 bridgehead atoms. The van der Waals surface area contributed by atoms with E-state index < -0.39 is 17.8 Å². The van der Waals surface area contributed by atoms with Gasteiger partial charge < -0.3 is 14.6 Å². The number of hydrogen-bond donors (Lipinski definition) is 1. The number of fused-ring (bicyclic) bond motifs is 1. The number of hydrogen-bond acceptors (Lipinski definition) is 4. The van der Waals surface area contributed by atoms with Crippen LogP contribution in [0.15, 0.2) is 16.6 Å². The molecule has 0 fully saturated rings. The molecular formula is C14H15BrO5. The van der Waals surface area contributed by atoms with Gasteiger partial charge in [0.25, 0.3) is 0 Å². The molecule has 0 aromatic heterocycles. The molecule has 0 amide bonds. The molecule has 1 aromatic rings. The third-order valence-corrected chi connectivity index (χ3v) is 4.11. The van der Waals surface area contributed by atoms with E-state index in [1.165, 1.54) is 6.92 Å². The topological polar surface area (TPSA) is 72.8 Å². The first-order valence-corrected chi connectivity index (χ1v) is 7.07. The molecule has 1 aromatic carbocycles. The van der Waals surface area contributed by atoms with E-state index in [0.717, 1.165) is 0 Å². The highest BCUT2D eigenvalue weighted by Gasteiger charge is 2.29. The summed E-state index contributed by atoms with van der Waals surface area (Å²) >= 11 is 3.33. The van der Waals surface area contributed by atoms with E-state index >= 15 is 0 Å². The highest BCUT2D eigenvalue weighted by molar-refractivity contribution is 9.10. The van der Waals surface area contributed by atoms with Crippen LogP contribution in [0.5, 0.6) is 11.5 Å². The SMILES string of the molecule is CC(C(=O)O)C(C)C(=O)c1cc2c(cc1Br)OCCO2. The van der Waals surface area contributed by atoms with E-state index in [-0.39, 0.29) is 5.78 Å². The third-order valence-electron chi connectivity index (χ3n) is 3.45. The van der Waals surface area contributed by atoms with Crippen molar-refractivity contribution >= 4 is 27.7 Å². The van der Waals surface area contributed by atoms with Gasteiger partial charge in [0.15, 0.2) is 17.3 Å². The highest BCUT2D eigenvalue weighted by Crippen LogP contribution is 2.36. The largest absolute Gasteiger partial charge is 0.486 e. The summed E-state index contributed by atoms with van der Waals surface area (Å²) in [6.07, 6.45) is 0. The van der Waals surface area contributed by atoms with E-state index in [4.69, 9.17) is 14.6 Å². The lowest BCUT2D eigenvalue weighted by molar-refractivity contribution is -0.142. The van der Waals surface area contributed by atoms with Gasteiger partial charge in [0.05, 0.1) is 5.92 Å². The predicted molar refractivity (Wildman–Crippen MR) is 75.4 cm³/mol. The van der Waals surface area contributed by atoms with Gasteiger partial charge >= 0.3 is 5.97 Å². The molecule has 1 aliphatic rings. The fourth-order valence-electron chi connectivity index (χ4n) is 1.94. The first-order chi connectivity index (χ1) is 9.41. The Hall–Kier alpha value is -1.56. The van der Waals surface area contributed by atoms with Crippen molar-refractivity contribution in [1.29, 1.82) is 0 Å². The van der Waals surface area contributed by atoms with Crippen molar-refractivity contribution in [2.45, 2.75) is 13.8 Å². The van der Waals surface area contributed by atoms with Crippen LogP contribution in [0.25, 0.3) is 0 Å². The summed E-state index contributed by atoms with van der Waals surface area (Å²) in [5.74, 6) is -1.49. The second-order valence-electron chi connectivity index (χ2n) is 4.76. The lowest BCUT2D eigenvalue weighted by Gasteiger charge is -2.21. The summed E-state index contributed by atoms with van der Waals surface area (Å²) in [5.41, 5.74) is 0.412. The number of carbonyl (C=O) groups is 2. The van der Waals surface area contributed by atoms with Gasteiger partial charge in [-0.2, -0.15) is 0 Å². The number of carboxylic acid groups (broad SMARTS) is 1. The van der Waals surface area contributed by atoms with Crippen molar-refractivity contribution in [1.82, 2.24) is 0 Å². The smallest absolute Gasteiger partial charge is 0.306 e. The second-order valence-corrected chi connectivity index (χ2v) is 5.61. The van der Waals surface area contributed by atoms with Crippen LogP contribution in [-0.4, -0.2) is 30.1 Å². The minimum atomic E-state index is -0.987. The van der Waals surface area contributed by atoms with Gasteiger partial charge in [-0.1, -0.05) is 13.8 Å². The maximum Gasteiger partial charge on any atom is 0.306 e. The molecule has 0 spiro atoms. The molecule has 1 heterocycles. The van der Waals surface area contributed by atoms with Crippen molar-refractivity contribution < 1.29 is 24.2 Å². The quantitative estimate of drug-likeness (QED) is 0.851. The number of benzene rings is 1. The third kappa shape index (κ3) is 2.80. The summed E-state index contributed by atoms with van der Waals surface area (Å²) in [6.45, 7) is 4.05. The lowest BCUT2D eigenvalue weighted by atomic mass is 9.88. The summed E-state index contributed by atoms with van der Waals surface area (Å²) in [7, 11) is 0. The molecule has 1 N–H and O–H groups in total. The molecule has 5 nitrogen and oxygen atoms in total. The van der Waals surface area contributed by atoms with Crippen LogP contribution in [0.3, 0.4) is 0 Å². The van der Waals surface area contributed by atoms with Crippen LogP contribution in [0.2, 0.25) is 0 Å². The average molecular weight is 343 g/mol. The van der Waals surface area contributed by atoms with Crippen molar-refractivity contribution in [3.63, 3.8) is 0 Å². The molecule has 2 unspecified atom stereocenters. The average Bonchev–Trinajstić information content (AvgIpc) is 2.44. The number of carboxylic acids is 1. The van der Waals surface area contributed by atoms with E-state index in [1.54, 1.807) is 19.1 Å². The zero-order valence-electron chi connectivity index (χ0n) is 11.2. The molecule has 6 heteroatoms. The normalized spacial score (nSPS) is 16.4. The molecule has 2 rings (SSSR count). The van der Waals surface area contributed by atoms with Gasteiger partial charge in [0.1, 0.15) is 13.2 Å². The Balaban J connectivity index is 2.32. The number of aliphatic carboxylic acids is 1. The molecule has 108 valence electrons. The van der Waals surface area contributed by atoms with Gasteiger partial charge in [-0.3, -0.25) is 9.59 Å². The lowest BCUT2D eigenvalue weighted by Crippen LogP contribution is -2.26. The monoisotopic (exact) mass is 342 g/mol. The van der Waals surface area contributed by atoms with E-state index in [1.807, 2.05) is 0 Å². The number of ketones is 1. The Morgan fingerprint density at radius 3 is 2.25 bits per heavy atom. The molecule has 1 aliphatic heterocycles. The molecule has 0 saturated heterocycles. The van der Waals surface area contributed by atoms with Crippen molar-refractivity contribution in [3.05, 3.63) is 22.2 Å². The van der Waals surface area contributed by atoms with E-state index in [9.17, 15) is 9.59 Å². The zero-order chi connectivity index (χ0) is 14.9. The Kier molecular flexibility index (Phi) is 4.32. The number of ether oxygens (including phenoxy) is 2. The van der Waals surface area contributed by atoms with Crippen molar-refractivity contribution in [3.8, 4) is 11.5 Å². The molecule has 0 aliphatic carbocycles. The van der Waals surface area contributed by atoms with Crippen LogP contribution in [0.4, 0.5) is 0 Å². The van der Waals surface area contributed by atoms with E-state index in [2.05, 4.69) is 15.9 Å². The van der Waals surface area contributed by atoms with Crippen molar-refractivity contribution in [2.24, 2.45) is 11.8 Å². The fraction of sp³-hybridized carbons (Fsp3) is 0.429. The van der Waals surface area contributed by atoms with Gasteiger partial charge in [-0.25, -0.2) is 0 Å². The highest BCUT2D eigenvalue weighted by atomic mass is 79.9. The molecule has 20 heavy (non-hydrogen) atoms. The number of Topliss-reactive ketones (excluding diaryl/α,β-unsaturated/α-hetero) is 1. The Morgan fingerprint density at radius 2 is 1.70 bits per heavy atom. The standard InChI is InChI=1S/C14H15BrO5/c1-7(8(2)14(17)18)13(16)9-5-11-12(6-10(9)15)20-4-3-19-11/h5-8H,3-4H2,1-2H3,(H,17,18). The maximum atomic E-state index is 12.4. The fourth-order valence-corrected chi connectivity index (χ4v) is 2.46. The van der Waals surface area contributed by atoms with Crippen LogP contribution in [0, 0.1) is 11.8 Å². The van der Waals surface area contributed by atoms with Crippen molar-refractivity contribution in [2.75, 3.05) is 13.2 Å². The minimum absolute atomic E-state index is 0.233. The number of carbonyl (C=O) groups excluding carboxylic acids is 1. The maximum absolute atomic E-state index is 12.4. The summed E-state index contributed by atoms with van der Waals surface area (Å²) in [5, 5.41) is 9.00. The Labute approximate surface area is 125 Å². The molecular weight excluding hydrogens is 328 g/mol. The molecule has 0 radical (unpaired) electrons. The van der Waals surface area contributed by atoms with Crippen LogP contribution < -0.4 is 9.47 Å². The van der Waals surface area contributed by atoms with E-state index in [0.29, 0.717) is 34.7 Å². The Morgan fingerprint density at radius 1 is 1.15 bits per heavy atom. The Bertz CT molecular complexity index is 555. The summed E-state index contributed by atoms with van der Waals surface area (Å²) in [4.78, 5) is 23.4. The van der Waals surface area contributed by atoms with Gasteiger partial charge in [0.2, 0.25) is 0 Å². The summed E-state index contributed by atoms with van der Waals surface area (Å²) in [6, 6.07) is 3.28. The zero-order valence-corrected chi connectivity index (χ0v) is 12.8. The number of rotatable bonds is 4. The summed E-state index contributed by atoms with van der Waals surface area (Å²) < 4.78 is 11.4. The van der Waals surface area contributed by atoms with Gasteiger partial charge in [-0.05, 0) is 28.1 Å². The van der Waals surface area contributed by atoms with Gasteiger partial charge in [-0.15, -0.1) is 0 Å². The van der Waals surface area contributed by atoms with Gasteiger partial charge in [0, 0.05) is 16.0 Å². The molecule has 0 saturated carbocycles. The van der Waals surface area contributed by atoms with Crippen LogP contribution in [0.1, 0.15) is 24.2 Å². The van der Waals surface area contributed by atoms with Crippen LogP contribution in [-0.2, 0) is 4.79 Å². The second kappa shape index (κ2) is 5.83. The first kappa shape index (κ1) is 14.8. The van der Waals surface area contributed by atoms with Crippen LogP contribution >= 0.6 is 15.9 Å². The predicted octanol–water partition coefficient (Wildman–Crippen LogP) is 2.76. The first-order valence-electron chi connectivity index (χ1n) is 6.28. The molecule has 2 atom stereocenters.